The molecule has 1 unspecified atom stereocenters. The van der Waals surface area contributed by atoms with E-state index in [4.69, 9.17) is 10.00 Å². The molecule has 0 saturated carbocycles. The zero-order valence-corrected chi connectivity index (χ0v) is 9.79. The molecule has 0 spiro atoms. The second kappa shape index (κ2) is 6.26. The van der Waals surface area contributed by atoms with Crippen molar-refractivity contribution in [2.24, 2.45) is 0 Å². The second-order valence-electron chi connectivity index (χ2n) is 3.56. The maximum Gasteiger partial charge on any atom is 0.401 e. The van der Waals surface area contributed by atoms with Crippen molar-refractivity contribution in [3.63, 3.8) is 0 Å². The highest BCUT2D eigenvalue weighted by Gasteiger charge is 2.28. The van der Waals surface area contributed by atoms with Crippen molar-refractivity contribution in [3.05, 3.63) is 29.8 Å². The summed E-state index contributed by atoms with van der Waals surface area (Å²) in [6, 6.07) is 7.20. The lowest BCUT2D eigenvalue weighted by atomic mass is 10.1. The summed E-state index contributed by atoms with van der Waals surface area (Å²) in [5, 5.41) is 11.0. The van der Waals surface area contributed by atoms with Crippen LogP contribution in [0.5, 0.6) is 5.75 Å². The van der Waals surface area contributed by atoms with Gasteiger partial charge in [0.05, 0.1) is 19.2 Å². The fourth-order valence-corrected chi connectivity index (χ4v) is 1.38. The van der Waals surface area contributed by atoms with Crippen molar-refractivity contribution in [3.8, 4) is 11.8 Å². The summed E-state index contributed by atoms with van der Waals surface area (Å²) in [7, 11) is 0. The molecule has 0 aromatic heterocycles. The molecule has 0 aliphatic carbocycles. The van der Waals surface area contributed by atoms with Crippen molar-refractivity contribution in [1.82, 2.24) is 5.32 Å². The summed E-state index contributed by atoms with van der Waals surface area (Å²) >= 11 is 0. The molecule has 0 amide bonds. The van der Waals surface area contributed by atoms with Crippen LogP contribution in [0.15, 0.2) is 24.3 Å². The summed E-state index contributed by atoms with van der Waals surface area (Å²) in [5.74, 6) is 0.619. The van der Waals surface area contributed by atoms with Gasteiger partial charge in [0.1, 0.15) is 11.8 Å². The zero-order chi connectivity index (χ0) is 13.6. The highest BCUT2D eigenvalue weighted by atomic mass is 19.4. The molecule has 0 aliphatic heterocycles. The monoisotopic (exact) mass is 258 g/mol. The first kappa shape index (κ1) is 14.3. The summed E-state index contributed by atoms with van der Waals surface area (Å²) in [6.45, 7) is 1.14. The van der Waals surface area contributed by atoms with E-state index < -0.39 is 18.8 Å². The number of nitrogens with zero attached hydrogens (tertiary/aromatic N) is 1. The lowest BCUT2D eigenvalue weighted by molar-refractivity contribution is -0.125. The van der Waals surface area contributed by atoms with Crippen molar-refractivity contribution in [2.75, 3.05) is 13.2 Å². The summed E-state index contributed by atoms with van der Waals surface area (Å²) < 4.78 is 41.3. The maximum atomic E-state index is 12.0. The van der Waals surface area contributed by atoms with Crippen LogP contribution in [0.25, 0.3) is 0 Å². The van der Waals surface area contributed by atoms with Gasteiger partial charge >= 0.3 is 6.18 Å². The molecule has 1 aromatic carbocycles. The van der Waals surface area contributed by atoms with E-state index in [0.29, 0.717) is 17.9 Å². The van der Waals surface area contributed by atoms with Crippen molar-refractivity contribution >= 4 is 0 Å². The standard InChI is InChI=1S/C12H13F3N2O/c1-2-18-10-5-3-9(4-6-10)11(7-16)17-8-12(13,14)15/h3-6,11,17H,2,8H2,1H3. The van der Waals surface area contributed by atoms with Gasteiger partial charge in [-0.2, -0.15) is 18.4 Å². The zero-order valence-electron chi connectivity index (χ0n) is 9.79. The molecule has 0 radical (unpaired) electrons. The van der Waals surface area contributed by atoms with Crippen LogP contribution in [0.1, 0.15) is 18.5 Å². The van der Waals surface area contributed by atoms with E-state index >= 15 is 0 Å². The summed E-state index contributed by atoms with van der Waals surface area (Å²) in [4.78, 5) is 0. The van der Waals surface area contributed by atoms with Crippen LogP contribution in [0, 0.1) is 11.3 Å². The first-order valence-electron chi connectivity index (χ1n) is 5.38. The second-order valence-corrected chi connectivity index (χ2v) is 3.56. The van der Waals surface area contributed by atoms with E-state index in [1.54, 1.807) is 30.3 Å². The average molecular weight is 258 g/mol. The molecule has 1 aromatic rings. The lowest BCUT2D eigenvalue weighted by Gasteiger charge is -2.14. The minimum absolute atomic E-state index is 0.477. The highest BCUT2D eigenvalue weighted by molar-refractivity contribution is 5.31. The van der Waals surface area contributed by atoms with E-state index in [1.165, 1.54) is 0 Å². The Balaban J connectivity index is 2.68. The van der Waals surface area contributed by atoms with Gasteiger partial charge in [0.25, 0.3) is 0 Å². The Hall–Kier alpha value is -1.74. The number of nitrogens with one attached hydrogen (secondary N) is 1. The third-order valence-electron chi connectivity index (χ3n) is 2.16. The van der Waals surface area contributed by atoms with Gasteiger partial charge in [-0.25, -0.2) is 0 Å². The molecule has 1 atom stereocenters. The van der Waals surface area contributed by atoms with Gasteiger partial charge < -0.3 is 4.74 Å². The topological polar surface area (TPSA) is 45.0 Å². The maximum absolute atomic E-state index is 12.0. The number of rotatable bonds is 5. The van der Waals surface area contributed by atoms with Crippen LogP contribution in [-0.4, -0.2) is 19.3 Å². The van der Waals surface area contributed by atoms with E-state index in [9.17, 15) is 13.2 Å². The Bertz CT molecular complexity index is 409. The molecule has 0 aliphatic rings. The van der Waals surface area contributed by atoms with Gasteiger partial charge in [0, 0.05) is 0 Å². The summed E-state index contributed by atoms with van der Waals surface area (Å²) in [6.07, 6.45) is -4.33. The Morgan fingerprint density at radius 2 is 1.94 bits per heavy atom. The van der Waals surface area contributed by atoms with Crippen LogP contribution >= 0.6 is 0 Å². The van der Waals surface area contributed by atoms with Crippen LogP contribution < -0.4 is 10.1 Å². The normalized spacial score (nSPS) is 12.8. The van der Waals surface area contributed by atoms with Crippen molar-refractivity contribution in [1.29, 1.82) is 5.26 Å². The van der Waals surface area contributed by atoms with Crippen LogP contribution in [-0.2, 0) is 0 Å². The molecule has 6 heteroatoms. The van der Waals surface area contributed by atoms with Gasteiger partial charge in [-0.05, 0) is 24.6 Å². The molecule has 0 bridgehead atoms. The third-order valence-corrected chi connectivity index (χ3v) is 2.16. The van der Waals surface area contributed by atoms with Crippen LogP contribution in [0.2, 0.25) is 0 Å². The minimum atomic E-state index is -4.33. The third kappa shape index (κ3) is 4.63. The van der Waals surface area contributed by atoms with Crippen molar-refractivity contribution < 1.29 is 17.9 Å². The Morgan fingerprint density at radius 1 is 1.33 bits per heavy atom. The van der Waals surface area contributed by atoms with Gasteiger partial charge in [0.2, 0.25) is 0 Å². The molecule has 98 valence electrons. The number of nitriles is 1. The van der Waals surface area contributed by atoms with E-state index in [-0.39, 0.29) is 0 Å². The van der Waals surface area contributed by atoms with Crippen LogP contribution in [0.4, 0.5) is 13.2 Å². The Labute approximate surface area is 103 Å². The largest absolute Gasteiger partial charge is 0.494 e. The first-order chi connectivity index (χ1) is 8.46. The first-order valence-corrected chi connectivity index (χ1v) is 5.38. The number of halogens is 3. The van der Waals surface area contributed by atoms with Gasteiger partial charge in [-0.1, -0.05) is 12.1 Å². The van der Waals surface area contributed by atoms with Gasteiger partial charge in [-0.3, -0.25) is 5.32 Å². The van der Waals surface area contributed by atoms with E-state index in [2.05, 4.69) is 5.32 Å². The molecule has 0 heterocycles. The number of benzene rings is 1. The quantitative estimate of drug-likeness (QED) is 0.883. The predicted molar refractivity (Wildman–Crippen MR) is 60.0 cm³/mol. The average Bonchev–Trinajstić information content (AvgIpc) is 2.31. The van der Waals surface area contributed by atoms with Gasteiger partial charge in [-0.15, -0.1) is 0 Å². The van der Waals surface area contributed by atoms with Crippen LogP contribution in [0.3, 0.4) is 0 Å². The lowest BCUT2D eigenvalue weighted by Crippen LogP contribution is -2.31. The molecule has 1 N–H and O–H groups in total. The molecule has 0 fully saturated rings. The minimum Gasteiger partial charge on any atom is -0.494 e. The van der Waals surface area contributed by atoms with Gasteiger partial charge in [0.15, 0.2) is 0 Å². The number of hydrogen-bond acceptors (Lipinski definition) is 3. The Kier molecular flexibility index (Phi) is 4.98. The SMILES string of the molecule is CCOc1ccc(C(C#N)NCC(F)(F)F)cc1. The fourth-order valence-electron chi connectivity index (χ4n) is 1.38. The number of ether oxygens (including phenoxy) is 1. The molecular formula is C12H13F3N2O. The molecule has 18 heavy (non-hydrogen) atoms. The molecule has 1 rings (SSSR count). The smallest absolute Gasteiger partial charge is 0.401 e. The highest BCUT2D eigenvalue weighted by Crippen LogP contribution is 2.19. The Morgan fingerprint density at radius 3 is 2.39 bits per heavy atom. The van der Waals surface area contributed by atoms with E-state index in [1.807, 2.05) is 6.92 Å². The number of alkyl halides is 3. The molecule has 3 nitrogen and oxygen atoms in total. The molecular weight excluding hydrogens is 245 g/mol. The fraction of sp³-hybridized carbons (Fsp3) is 0.417. The van der Waals surface area contributed by atoms with E-state index in [0.717, 1.165) is 0 Å². The number of hydrogen-bond donors (Lipinski definition) is 1. The summed E-state index contributed by atoms with van der Waals surface area (Å²) in [5.41, 5.74) is 0.477. The van der Waals surface area contributed by atoms with Crippen molar-refractivity contribution in [2.45, 2.75) is 19.1 Å². The predicted octanol–water partition coefficient (Wildman–Crippen LogP) is 2.80. The molecule has 0 saturated heterocycles.